The van der Waals surface area contributed by atoms with E-state index >= 15 is 0 Å². The standard InChI is InChI=1S/C12H18N2O3/c1-2-17-12(16)14-7-5-13(6-8-14)10-3-4-11(15)9-10/h9H,2-8H2,1H3. The summed E-state index contributed by atoms with van der Waals surface area (Å²) in [7, 11) is 0. The van der Waals surface area contributed by atoms with Crippen LogP contribution in [0.2, 0.25) is 0 Å². The van der Waals surface area contributed by atoms with Gasteiger partial charge >= 0.3 is 6.09 Å². The smallest absolute Gasteiger partial charge is 0.409 e. The molecule has 17 heavy (non-hydrogen) atoms. The van der Waals surface area contributed by atoms with Crippen LogP contribution in [0, 0.1) is 0 Å². The number of allylic oxidation sites excluding steroid dienone is 2. The lowest BCUT2D eigenvalue weighted by atomic mass is 10.2. The zero-order chi connectivity index (χ0) is 12.3. The maximum Gasteiger partial charge on any atom is 0.409 e. The molecule has 0 unspecified atom stereocenters. The molecular formula is C12H18N2O3. The number of ether oxygens (including phenoxy) is 1. The van der Waals surface area contributed by atoms with Gasteiger partial charge in [-0.05, 0) is 13.3 Å². The Hall–Kier alpha value is -1.52. The Bertz CT molecular complexity index is 344. The first kappa shape index (κ1) is 12.0. The van der Waals surface area contributed by atoms with Crippen LogP contribution in [0.25, 0.3) is 0 Å². The summed E-state index contributed by atoms with van der Waals surface area (Å²) in [5.41, 5.74) is 1.12. The van der Waals surface area contributed by atoms with Gasteiger partial charge in [0, 0.05) is 44.4 Å². The number of carbonyl (C=O) groups is 2. The summed E-state index contributed by atoms with van der Waals surface area (Å²) >= 11 is 0. The predicted octanol–water partition coefficient (Wildman–Crippen LogP) is 1.01. The van der Waals surface area contributed by atoms with Crippen molar-refractivity contribution in [2.75, 3.05) is 32.8 Å². The highest BCUT2D eigenvalue weighted by Gasteiger charge is 2.25. The number of hydrogen-bond acceptors (Lipinski definition) is 4. The van der Waals surface area contributed by atoms with Crippen LogP contribution < -0.4 is 0 Å². The highest BCUT2D eigenvalue weighted by Crippen LogP contribution is 2.20. The fraction of sp³-hybridized carbons (Fsp3) is 0.667. The molecule has 1 aliphatic heterocycles. The first-order valence-corrected chi connectivity index (χ1v) is 6.10. The lowest BCUT2D eigenvalue weighted by Gasteiger charge is -2.36. The molecule has 0 radical (unpaired) electrons. The fourth-order valence-electron chi connectivity index (χ4n) is 2.22. The molecule has 1 heterocycles. The van der Waals surface area contributed by atoms with Gasteiger partial charge < -0.3 is 14.5 Å². The monoisotopic (exact) mass is 238 g/mol. The summed E-state index contributed by atoms with van der Waals surface area (Å²) < 4.78 is 4.96. The van der Waals surface area contributed by atoms with Gasteiger partial charge in [0.05, 0.1) is 6.61 Å². The molecule has 0 saturated carbocycles. The lowest BCUT2D eigenvalue weighted by Crippen LogP contribution is -2.48. The van der Waals surface area contributed by atoms with Crippen LogP contribution in [0.15, 0.2) is 11.8 Å². The molecule has 2 aliphatic rings. The van der Waals surface area contributed by atoms with Crippen molar-refractivity contribution < 1.29 is 14.3 Å². The van der Waals surface area contributed by atoms with Crippen molar-refractivity contribution in [3.05, 3.63) is 11.8 Å². The summed E-state index contributed by atoms with van der Waals surface area (Å²) in [6, 6.07) is 0. The highest BCUT2D eigenvalue weighted by atomic mass is 16.6. The molecule has 0 spiro atoms. The molecule has 1 amide bonds. The van der Waals surface area contributed by atoms with Gasteiger partial charge in [-0.25, -0.2) is 4.79 Å². The number of amides is 1. The third-order valence-corrected chi connectivity index (χ3v) is 3.17. The minimum absolute atomic E-state index is 0.216. The number of ketones is 1. The van der Waals surface area contributed by atoms with Crippen LogP contribution in [0.3, 0.4) is 0 Å². The van der Waals surface area contributed by atoms with Gasteiger partial charge in [0.25, 0.3) is 0 Å². The molecule has 1 fully saturated rings. The number of rotatable bonds is 2. The molecule has 0 aromatic carbocycles. The Balaban J connectivity index is 1.84. The van der Waals surface area contributed by atoms with Crippen molar-refractivity contribution in [1.29, 1.82) is 0 Å². The number of carbonyl (C=O) groups excluding carboxylic acids is 2. The van der Waals surface area contributed by atoms with E-state index in [1.165, 1.54) is 0 Å². The van der Waals surface area contributed by atoms with Gasteiger partial charge in [0.2, 0.25) is 0 Å². The third-order valence-electron chi connectivity index (χ3n) is 3.17. The zero-order valence-electron chi connectivity index (χ0n) is 10.1. The molecule has 5 heteroatoms. The summed E-state index contributed by atoms with van der Waals surface area (Å²) in [6.45, 7) is 5.15. The van der Waals surface area contributed by atoms with E-state index < -0.39 is 0 Å². The second-order valence-corrected chi connectivity index (χ2v) is 4.28. The number of nitrogens with zero attached hydrogens (tertiary/aromatic N) is 2. The summed E-state index contributed by atoms with van der Waals surface area (Å²) in [4.78, 5) is 26.6. The van der Waals surface area contributed by atoms with Crippen LogP contribution in [0.5, 0.6) is 0 Å². The maximum absolute atomic E-state index is 11.5. The second-order valence-electron chi connectivity index (χ2n) is 4.28. The van der Waals surface area contributed by atoms with Crippen LogP contribution in [0.4, 0.5) is 4.79 Å². The second kappa shape index (κ2) is 5.21. The molecule has 0 N–H and O–H groups in total. The molecule has 1 aliphatic carbocycles. The average Bonchev–Trinajstić information content (AvgIpc) is 2.76. The van der Waals surface area contributed by atoms with Crippen LogP contribution in [-0.4, -0.2) is 54.5 Å². The van der Waals surface area contributed by atoms with Crippen LogP contribution >= 0.6 is 0 Å². The van der Waals surface area contributed by atoms with Gasteiger partial charge in [-0.1, -0.05) is 0 Å². The molecular weight excluding hydrogens is 220 g/mol. The Morgan fingerprint density at radius 2 is 2.00 bits per heavy atom. The van der Waals surface area contributed by atoms with E-state index in [-0.39, 0.29) is 11.9 Å². The minimum Gasteiger partial charge on any atom is -0.450 e. The molecule has 0 bridgehead atoms. The van der Waals surface area contributed by atoms with Gasteiger partial charge in [-0.2, -0.15) is 0 Å². The van der Waals surface area contributed by atoms with Crippen LogP contribution in [0.1, 0.15) is 19.8 Å². The topological polar surface area (TPSA) is 49.9 Å². The zero-order valence-corrected chi connectivity index (χ0v) is 10.1. The average molecular weight is 238 g/mol. The molecule has 0 aromatic heterocycles. The van der Waals surface area contributed by atoms with Gasteiger partial charge in [-0.3, -0.25) is 4.79 Å². The molecule has 2 rings (SSSR count). The first-order chi connectivity index (χ1) is 8.20. The van der Waals surface area contributed by atoms with Crippen molar-refractivity contribution in [2.45, 2.75) is 19.8 Å². The molecule has 5 nitrogen and oxygen atoms in total. The summed E-state index contributed by atoms with van der Waals surface area (Å²) in [5.74, 6) is 0.216. The highest BCUT2D eigenvalue weighted by molar-refractivity contribution is 5.92. The molecule has 1 saturated heterocycles. The Kier molecular flexibility index (Phi) is 3.66. The van der Waals surface area contributed by atoms with Gasteiger partial charge in [-0.15, -0.1) is 0 Å². The number of piperazine rings is 1. The normalized spacial score (nSPS) is 20.5. The largest absolute Gasteiger partial charge is 0.450 e. The maximum atomic E-state index is 11.5. The van der Waals surface area contributed by atoms with Crippen molar-refractivity contribution >= 4 is 11.9 Å². The van der Waals surface area contributed by atoms with E-state index in [1.807, 2.05) is 6.92 Å². The van der Waals surface area contributed by atoms with E-state index in [1.54, 1.807) is 11.0 Å². The van der Waals surface area contributed by atoms with E-state index in [0.717, 1.165) is 25.2 Å². The van der Waals surface area contributed by atoms with Crippen molar-refractivity contribution in [3.63, 3.8) is 0 Å². The lowest BCUT2D eigenvalue weighted by molar-refractivity contribution is -0.114. The Labute approximate surface area is 101 Å². The SMILES string of the molecule is CCOC(=O)N1CCN(C2=CC(=O)CC2)CC1. The minimum atomic E-state index is -0.233. The Morgan fingerprint density at radius 3 is 2.53 bits per heavy atom. The van der Waals surface area contributed by atoms with Crippen molar-refractivity contribution in [2.24, 2.45) is 0 Å². The van der Waals surface area contributed by atoms with E-state index in [2.05, 4.69) is 4.90 Å². The third kappa shape index (κ3) is 2.78. The number of hydrogen-bond donors (Lipinski definition) is 0. The summed E-state index contributed by atoms with van der Waals surface area (Å²) in [5, 5.41) is 0. The summed E-state index contributed by atoms with van der Waals surface area (Å²) in [6.07, 6.45) is 2.98. The van der Waals surface area contributed by atoms with Gasteiger partial charge in [0.1, 0.15) is 0 Å². The van der Waals surface area contributed by atoms with E-state index in [0.29, 0.717) is 26.1 Å². The van der Waals surface area contributed by atoms with Crippen LogP contribution in [-0.2, 0) is 9.53 Å². The van der Waals surface area contributed by atoms with E-state index in [9.17, 15) is 9.59 Å². The Morgan fingerprint density at radius 1 is 1.29 bits per heavy atom. The quantitative estimate of drug-likeness (QED) is 0.720. The fourth-order valence-corrected chi connectivity index (χ4v) is 2.22. The van der Waals surface area contributed by atoms with Crippen molar-refractivity contribution in [1.82, 2.24) is 9.80 Å². The van der Waals surface area contributed by atoms with Crippen molar-refractivity contribution in [3.8, 4) is 0 Å². The molecule has 0 aromatic rings. The van der Waals surface area contributed by atoms with E-state index in [4.69, 9.17) is 4.74 Å². The predicted molar refractivity (Wildman–Crippen MR) is 62.5 cm³/mol. The molecule has 94 valence electrons. The first-order valence-electron chi connectivity index (χ1n) is 6.10. The molecule has 0 atom stereocenters. The van der Waals surface area contributed by atoms with Gasteiger partial charge in [0.15, 0.2) is 5.78 Å².